The lowest BCUT2D eigenvalue weighted by molar-refractivity contribution is -0.136. The smallest absolute Gasteiger partial charge is 0.354 e. The molecule has 0 aliphatic carbocycles. The predicted octanol–water partition coefficient (Wildman–Crippen LogP) is 16.7. The topological polar surface area (TPSA) is 51.4 Å². The van der Waals surface area contributed by atoms with Crippen molar-refractivity contribution in [3.05, 3.63) is 203 Å². The largest absolute Gasteiger partial charge is 0.417 e. The van der Waals surface area contributed by atoms with E-state index < -0.39 is 11.7 Å². The van der Waals surface area contributed by atoms with Crippen molar-refractivity contribution in [1.29, 1.82) is 0 Å². The highest BCUT2D eigenvalue weighted by Crippen LogP contribution is 2.45. The Hall–Kier alpha value is -8.23. The van der Waals surface area contributed by atoms with Gasteiger partial charge in [0.2, 0.25) is 0 Å². The third-order valence-corrected chi connectivity index (χ3v) is 13.9. The number of pyridine rings is 1. The molecule has 1 N–H and O–H groups in total. The van der Waals surface area contributed by atoms with Crippen LogP contribution in [-0.4, -0.2) is 24.1 Å². The molecule has 4 heterocycles. The maximum absolute atomic E-state index is 14.8. The molecule has 336 valence electrons. The zero-order valence-electron chi connectivity index (χ0n) is 39.0. The SMILES string of the molecule is Cc1cc(C)c(-c2cc(-c3cccc4c3nc(-c3ccc(C(F)(F)F)c5c3[nH]c3ccccc35)n4-c3ccccc3)cc(-n3c4ccc(-c5c(C)cc(C)cc5C)cc4c4cccnc43)c2)c(C)c1. The summed E-state index contributed by atoms with van der Waals surface area (Å²) < 4.78 is 48.8. The van der Waals surface area contributed by atoms with E-state index in [1.165, 1.54) is 45.0 Å². The summed E-state index contributed by atoms with van der Waals surface area (Å²) in [6.07, 6.45) is -2.71. The summed E-state index contributed by atoms with van der Waals surface area (Å²) in [7, 11) is 0. The van der Waals surface area contributed by atoms with Gasteiger partial charge in [0.15, 0.2) is 0 Å². The Bertz CT molecular complexity index is 4030. The number of aromatic amines is 1. The minimum Gasteiger partial charge on any atom is -0.354 e. The monoisotopic (exact) mass is 905 g/mol. The van der Waals surface area contributed by atoms with Gasteiger partial charge in [-0.25, -0.2) is 9.97 Å². The van der Waals surface area contributed by atoms with Gasteiger partial charge in [-0.05, 0) is 170 Å². The van der Waals surface area contributed by atoms with E-state index in [-0.39, 0.29) is 5.39 Å². The highest BCUT2D eigenvalue weighted by Gasteiger charge is 2.35. The van der Waals surface area contributed by atoms with E-state index in [4.69, 9.17) is 9.97 Å². The Kier molecular flexibility index (Phi) is 9.57. The number of fused-ring (bicyclic) bond motifs is 7. The molecule has 0 aliphatic rings. The fourth-order valence-corrected chi connectivity index (χ4v) is 11.3. The number of hydrogen-bond donors (Lipinski definition) is 1. The van der Waals surface area contributed by atoms with Gasteiger partial charge in [-0.15, -0.1) is 0 Å². The van der Waals surface area contributed by atoms with Crippen LogP contribution in [0, 0.1) is 41.5 Å². The molecule has 12 aromatic rings. The number of para-hydroxylation sites is 3. The quantitative estimate of drug-likeness (QED) is 0.181. The average molecular weight is 906 g/mol. The van der Waals surface area contributed by atoms with Crippen LogP contribution in [0.4, 0.5) is 13.2 Å². The van der Waals surface area contributed by atoms with Crippen LogP contribution in [0.25, 0.3) is 111 Å². The molecule has 0 saturated carbocycles. The van der Waals surface area contributed by atoms with Gasteiger partial charge in [-0.2, -0.15) is 13.2 Å². The van der Waals surface area contributed by atoms with Crippen molar-refractivity contribution in [3.63, 3.8) is 0 Å². The van der Waals surface area contributed by atoms with Crippen molar-refractivity contribution in [2.45, 2.75) is 47.7 Å². The van der Waals surface area contributed by atoms with Gasteiger partial charge < -0.3 is 4.98 Å². The van der Waals surface area contributed by atoms with Gasteiger partial charge in [0.25, 0.3) is 0 Å². The zero-order chi connectivity index (χ0) is 47.5. The Morgan fingerprint density at radius 2 is 1.16 bits per heavy atom. The van der Waals surface area contributed by atoms with Crippen LogP contribution in [0.5, 0.6) is 0 Å². The Morgan fingerprint density at radius 1 is 0.493 bits per heavy atom. The number of hydrogen-bond acceptors (Lipinski definition) is 2. The van der Waals surface area contributed by atoms with E-state index >= 15 is 0 Å². The van der Waals surface area contributed by atoms with Crippen LogP contribution in [-0.2, 0) is 6.18 Å². The molecule has 0 unspecified atom stereocenters. The number of H-pyrrole nitrogens is 1. The van der Waals surface area contributed by atoms with E-state index in [9.17, 15) is 13.2 Å². The summed E-state index contributed by atoms with van der Waals surface area (Å²) >= 11 is 0. The number of nitrogens with zero attached hydrogens (tertiary/aromatic N) is 4. The molecule has 12 rings (SSSR count). The van der Waals surface area contributed by atoms with Gasteiger partial charge in [0, 0.05) is 55.8 Å². The van der Waals surface area contributed by atoms with Crippen molar-refractivity contribution in [2.75, 3.05) is 0 Å². The lowest BCUT2D eigenvalue weighted by Gasteiger charge is -2.17. The maximum Gasteiger partial charge on any atom is 0.417 e. The number of aromatic nitrogens is 5. The first-order valence-electron chi connectivity index (χ1n) is 23.2. The number of imidazole rings is 1. The van der Waals surface area contributed by atoms with Crippen molar-refractivity contribution in [1.82, 2.24) is 24.1 Å². The summed E-state index contributed by atoms with van der Waals surface area (Å²) in [4.78, 5) is 13.9. The summed E-state index contributed by atoms with van der Waals surface area (Å²) in [5.41, 5.74) is 19.8. The number of halogens is 3. The molecular weight excluding hydrogens is 860 g/mol. The number of rotatable bonds is 6. The fourth-order valence-electron chi connectivity index (χ4n) is 11.3. The van der Waals surface area contributed by atoms with E-state index in [0.717, 1.165) is 72.2 Å². The number of benzene rings is 8. The van der Waals surface area contributed by atoms with Crippen molar-refractivity contribution in [2.24, 2.45) is 0 Å². The van der Waals surface area contributed by atoms with Crippen LogP contribution in [0.1, 0.15) is 38.9 Å². The van der Waals surface area contributed by atoms with Crippen LogP contribution in [0.2, 0.25) is 0 Å². The molecule has 8 heteroatoms. The van der Waals surface area contributed by atoms with Crippen LogP contribution < -0.4 is 0 Å². The van der Waals surface area contributed by atoms with E-state index in [1.807, 2.05) is 66.9 Å². The van der Waals surface area contributed by atoms with Crippen molar-refractivity contribution >= 4 is 54.8 Å². The number of alkyl halides is 3. The number of nitrogens with one attached hydrogen (secondary N) is 1. The maximum atomic E-state index is 14.8. The van der Waals surface area contributed by atoms with Crippen LogP contribution >= 0.6 is 0 Å². The highest BCUT2D eigenvalue weighted by atomic mass is 19.4. The first-order chi connectivity index (χ1) is 33.3. The molecule has 0 bridgehead atoms. The summed E-state index contributed by atoms with van der Waals surface area (Å²) in [6, 6.07) is 52.6. The molecule has 0 atom stereocenters. The third kappa shape index (κ3) is 6.76. The van der Waals surface area contributed by atoms with Gasteiger partial charge in [0.1, 0.15) is 11.5 Å². The average Bonchev–Trinajstić information content (AvgIpc) is 4.01. The Labute approximate surface area is 397 Å². The second-order valence-electron chi connectivity index (χ2n) is 18.6. The summed E-state index contributed by atoms with van der Waals surface area (Å²) in [5.74, 6) is 0.525. The molecule has 0 aliphatic heterocycles. The normalized spacial score (nSPS) is 12.1. The second-order valence-corrected chi connectivity index (χ2v) is 18.6. The lowest BCUT2D eigenvalue weighted by atomic mass is 9.91. The molecule has 69 heavy (non-hydrogen) atoms. The predicted molar refractivity (Wildman–Crippen MR) is 278 cm³/mol. The second kappa shape index (κ2) is 15.7. The van der Waals surface area contributed by atoms with E-state index in [1.54, 1.807) is 18.2 Å². The molecule has 0 spiro atoms. The minimum absolute atomic E-state index is 0.125. The van der Waals surface area contributed by atoms with E-state index in [2.05, 4.69) is 128 Å². The standard InChI is InChI=1S/C61H46F3N5/c1-34-26-36(3)54(37(4)27-34)40-21-24-52-49(33-40)46-18-13-25-65-59(46)69(52)44-31-41(30-42(32-44)55-38(5)28-35(2)29-39(55)6)45-17-12-20-53-57(45)67-60(68(53)43-14-8-7-9-15-43)48-22-23-50(61(62,63)64)56-47-16-10-11-19-51(47)66-58(48)56/h7-33,66H,1-6H3. The number of aryl methyl sites for hydroxylation is 6. The van der Waals surface area contributed by atoms with Gasteiger partial charge in [-0.3, -0.25) is 9.13 Å². The Morgan fingerprint density at radius 3 is 1.88 bits per heavy atom. The molecule has 0 saturated heterocycles. The van der Waals surface area contributed by atoms with Crippen LogP contribution in [0.3, 0.4) is 0 Å². The van der Waals surface area contributed by atoms with Crippen molar-refractivity contribution < 1.29 is 13.2 Å². The first kappa shape index (κ1) is 42.1. The summed E-state index contributed by atoms with van der Waals surface area (Å²) in [5, 5.41) is 2.80. The highest BCUT2D eigenvalue weighted by molar-refractivity contribution is 6.14. The van der Waals surface area contributed by atoms with E-state index in [0.29, 0.717) is 27.8 Å². The minimum atomic E-state index is -4.57. The molecule has 4 aromatic heterocycles. The Balaban J connectivity index is 1.14. The van der Waals surface area contributed by atoms with Gasteiger partial charge in [0.05, 0.1) is 27.6 Å². The first-order valence-corrected chi connectivity index (χ1v) is 23.2. The fraction of sp³-hybridized carbons (Fsp3) is 0.115. The molecule has 5 nitrogen and oxygen atoms in total. The third-order valence-electron chi connectivity index (χ3n) is 13.9. The molecule has 8 aromatic carbocycles. The van der Waals surface area contributed by atoms with Gasteiger partial charge in [-0.1, -0.05) is 90.0 Å². The summed E-state index contributed by atoms with van der Waals surface area (Å²) in [6.45, 7) is 13.0. The zero-order valence-corrected chi connectivity index (χ0v) is 39.0. The molecule has 0 amide bonds. The van der Waals surface area contributed by atoms with Crippen LogP contribution in [0.15, 0.2) is 164 Å². The van der Waals surface area contributed by atoms with Crippen molar-refractivity contribution in [3.8, 4) is 56.1 Å². The molecule has 0 fully saturated rings. The van der Waals surface area contributed by atoms with Gasteiger partial charge >= 0.3 is 6.18 Å². The lowest BCUT2D eigenvalue weighted by Crippen LogP contribution is -2.06. The molecular formula is C61H46F3N5. The molecule has 0 radical (unpaired) electrons.